The molecule has 0 bridgehead atoms. The molecule has 29 heavy (non-hydrogen) atoms. The van der Waals surface area contributed by atoms with Crippen molar-refractivity contribution in [2.24, 2.45) is 0 Å². The van der Waals surface area contributed by atoms with Gasteiger partial charge in [-0.1, -0.05) is 36.2 Å². The standard InChI is InChI=1S/C21H21Cl2NO5/c1-3-19(25)14-4-7-16(8-5-14)28-12-21(27)29-11-20(26)24-13(2)15-6-9-17(22)18(23)10-15/h4-10,13H,3,11-12H2,1-2H3,(H,24,26). The fraction of sp³-hybridized carbons (Fsp3) is 0.286. The van der Waals surface area contributed by atoms with Crippen LogP contribution in [0.3, 0.4) is 0 Å². The van der Waals surface area contributed by atoms with Crippen molar-refractivity contribution >= 4 is 40.9 Å². The number of nitrogens with one attached hydrogen (secondary N) is 1. The lowest BCUT2D eigenvalue weighted by atomic mass is 10.1. The Morgan fingerprint density at radius 1 is 1.00 bits per heavy atom. The maximum atomic E-state index is 12.0. The van der Waals surface area contributed by atoms with E-state index in [0.717, 1.165) is 5.56 Å². The lowest BCUT2D eigenvalue weighted by molar-refractivity contribution is -0.150. The molecule has 0 saturated carbocycles. The van der Waals surface area contributed by atoms with Gasteiger partial charge in [-0.05, 0) is 48.9 Å². The Hall–Kier alpha value is -2.57. The molecule has 0 spiro atoms. The van der Waals surface area contributed by atoms with Crippen molar-refractivity contribution in [2.45, 2.75) is 26.3 Å². The number of esters is 1. The van der Waals surface area contributed by atoms with E-state index < -0.39 is 18.5 Å². The molecule has 0 aliphatic heterocycles. The van der Waals surface area contributed by atoms with Gasteiger partial charge in [-0.3, -0.25) is 9.59 Å². The van der Waals surface area contributed by atoms with E-state index in [-0.39, 0.29) is 18.4 Å². The van der Waals surface area contributed by atoms with Gasteiger partial charge in [0.1, 0.15) is 5.75 Å². The van der Waals surface area contributed by atoms with Crippen molar-refractivity contribution in [1.29, 1.82) is 0 Å². The van der Waals surface area contributed by atoms with Crippen LogP contribution in [0.4, 0.5) is 0 Å². The van der Waals surface area contributed by atoms with E-state index >= 15 is 0 Å². The predicted molar refractivity (Wildman–Crippen MR) is 111 cm³/mol. The lowest BCUT2D eigenvalue weighted by Crippen LogP contribution is -2.32. The smallest absolute Gasteiger partial charge is 0.344 e. The van der Waals surface area contributed by atoms with Gasteiger partial charge in [0.05, 0.1) is 16.1 Å². The van der Waals surface area contributed by atoms with Crippen LogP contribution in [0.5, 0.6) is 5.75 Å². The average molecular weight is 438 g/mol. The van der Waals surface area contributed by atoms with Gasteiger partial charge < -0.3 is 14.8 Å². The molecule has 8 heteroatoms. The van der Waals surface area contributed by atoms with Crippen LogP contribution in [0.15, 0.2) is 42.5 Å². The molecule has 0 aromatic heterocycles. The van der Waals surface area contributed by atoms with E-state index in [9.17, 15) is 14.4 Å². The fourth-order valence-corrected chi connectivity index (χ4v) is 2.73. The first-order chi connectivity index (χ1) is 13.8. The molecule has 0 aliphatic carbocycles. The predicted octanol–water partition coefficient (Wildman–Crippen LogP) is 4.39. The summed E-state index contributed by atoms with van der Waals surface area (Å²) in [5.74, 6) is -0.695. The number of ether oxygens (including phenoxy) is 2. The zero-order chi connectivity index (χ0) is 21.4. The minimum atomic E-state index is -0.684. The van der Waals surface area contributed by atoms with Crippen LogP contribution in [0.25, 0.3) is 0 Å². The van der Waals surface area contributed by atoms with Gasteiger partial charge in [-0.25, -0.2) is 4.79 Å². The SMILES string of the molecule is CCC(=O)c1ccc(OCC(=O)OCC(=O)NC(C)c2ccc(Cl)c(Cl)c2)cc1. The molecule has 2 aromatic carbocycles. The van der Waals surface area contributed by atoms with Crippen molar-refractivity contribution in [3.8, 4) is 5.75 Å². The first kappa shape index (κ1) is 22.7. The minimum Gasteiger partial charge on any atom is -0.482 e. The highest BCUT2D eigenvalue weighted by atomic mass is 35.5. The molecule has 2 aromatic rings. The topological polar surface area (TPSA) is 81.7 Å². The summed E-state index contributed by atoms with van der Waals surface area (Å²) in [7, 11) is 0. The van der Waals surface area contributed by atoms with E-state index in [4.69, 9.17) is 32.7 Å². The highest BCUT2D eigenvalue weighted by Crippen LogP contribution is 2.25. The Bertz CT molecular complexity index is 883. The molecule has 1 atom stereocenters. The molecule has 1 unspecified atom stereocenters. The molecule has 0 saturated heterocycles. The molecule has 154 valence electrons. The quantitative estimate of drug-likeness (QED) is 0.464. The number of carbonyl (C=O) groups excluding carboxylic acids is 3. The average Bonchev–Trinajstić information content (AvgIpc) is 2.72. The molecule has 1 N–H and O–H groups in total. The van der Waals surface area contributed by atoms with E-state index in [1.54, 1.807) is 56.3 Å². The maximum absolute atomic E-state index is 12.0. The number of hydrogen-bond donors (Lipinski definition) is 1. The zero-order valence-corrected chi connectivity index (χ0v) is 17.5. The van der Waals surface area contributed by atoms with Crippen LogP contribution < -0.4 is 10.1 Å². The van der Waals surface area contributed by atoms with Gasteiger partial charge >= 0.3 is 5.97 Å². The summed E-state index contributed by atoms with van der Waals surface area (Å²) in [5.41, 5.74) is 1.35. The van der Waals surface area contributed by atoms with Crippen molar-refractivity contribution in [2.75, 3.05) is 13.2 Å². The number of ketones is 1. The van der Waals surface area contributed by atoms with Crippen molar-refractivity contribution < 1.29 is 23.9 Å². The number of carbonyl (C=O) groups is 3. The van der Waals surface area contributed by atoms with Gasteiger partial charge in [0, 0.05) is 12.0 Å². The van der Waals surface area contributed by atoms with Crippen molar-refractivity contribution in [3.63, 3.8) is 0 Å². The van der Waals surface area contributed by atoms with Crippen LogP contribution in [-0.2, 0) is 14.3 Å². The molecule has 0 radical (unpaired) electrons. The summed E-state index contributed by atoms with van der Waals surface area (Å²) < 4.78 is 10.2. The third-order valence-electron chi connectivity index (χ3n) is 4.04. The van der Waals surface area contributed by atoms with Crippen LogP contribution >= 0.6 is 23.2 Å². The van der Waals surface area contributed by atoms with Gasteiger partial charge in [-0.15, -0.1) is 0 Å². The fourth-order valence-electron chi connectivity index (χ4n) is 2.42. The second kappa shape index (κ2) is 10.8. The first-order valence-corrected chi connectivity index (χ1v) is 9.71. The lowest BCUT2D eigenvalue weighted by Gasteiger charge is -2.15. The van der Waals surface area contributed by atoms with Crippen LogP contribution in [0.1, 0.15) is 42.2 Å². The number of amides is 1. The van der Waals surface area contributed by atoms with Crippen molar-refractivity contribution in [1.82, 2.24) is 5.32 Å². The number of rotatable bonds is 9. The molecule has 6 nitrogen and oxygen atoms in total. The summed E-state index contributed by atoms with van der Waals surface area (Å²) in [5, 5.41) is 3.52. The van der Waals surface area contributed by atoms with Crippen LogP contribution in [0, 0.1) is 0 Å². The summed E-state index contributed by atoms with van der Waals surface area (Å²) >= 11 is 11.8. The zero-order valence-electron chi connectivity index (χ0n) is 16.0. The molecule has 0 aliphatic rings. The third kappa shape index (κ3) is 7.07. The Labute approximate surface area is 179 Å². The molecule has 1 amide bonds. The third-order valence-corrected chi connectivity index (χ3v) is 4.78. The number of benzene rings is 2. The molecule has 0 fully saturated rings. The van der Waals surface area contributed by atoms with Gasteiger partial charge in [0.25, 0.3) is 5.91 Å². The Morgan fingerprint density at radius 3 is 2.31 bits per heavy atom. The molecular weight excluding hydrogens is 417 g/mol. The molecule has 2 rings (SSSR count). The maximum Gasteiger partial charge on any atom is 0.344 e. The first-order valence-electron chi connectivity index (χ1n) is 8.96. The van der Waals surface area contributed by atoms with E-state index in [1.165, 1.54) is 0 Å². The van der Waals surface area contributed by atoms with E-state index in [0.29, 0.717) is 27.8 Å². The van der Waals surface area contributed by atoms with E-state index in [2.05, 4.69) is 5.32 Å². The molecule has 0 heterocycles. The number of halogens is 2. The largest absolute Gasteiger partial charge is 0.482 e. The number of hydrogen-bond acceptors (Lipinski definition) is 5. The Balaban J connectivity index is 1.74. The van der Waals surface area contributed by atoms with Crippen LogP contribution in [0.2, 0.25) is 10.0 Å². The van der Waals surface area contributed by atoms with Crippen molar-refractivity contribution in [3.05, 3.63) is 63.6 Å². The summed E-state index contributed by atoms with van der Waals surface area (Å²) in [6, 6.07) is 11.2. The Kier molecular flexibility index (Phi) is 8.49. The summed E-state index contributed by atoms with van der Waals surface area (Å²) in [6.07, 6.45) is 0.415. The summed E-state index contributed by atoms with van der Waals surface area (Å²) in [6.45, 7) is 2.77. The second-order valence-corrected chi connectivity index (χ2v) is 7.03. The normalized spacial score (nSPS) is 11.4. The van der Waals surface area contributed by atoms with Gasteiger partial charge in [0.15, 0.2) is 19.0 Å². The monoisotopic (exact) mass is 437 g/mol. The van der Waals surface area contributed by atoms with Gasteiger partial charge in [-0.2, -0.15) is 0 Å². The minimum absolute atomic E-state index is 0.0251. The summed E-state index contributed by atoms with van der Waals surface area (Å²) in [4.78, 5) is 35.3. The van der Waals surface area contributed by atoms with Gasteiger partial charge in [0.2, 0.25) is 0 Å². The van der Waals surface area contributed by atoms with Crippen LogP contribution in [-0.4, -0.2) is 30.9 Å². The second-order valence-electron chi connectivity index (χ2n) is 6.21. The Morgan fingerprint density at radius 2 is 1.69 bits per heavy atom. The van der Waals surface area contributed by atoms with E-state index in [1.807, 2.05) is 0 Å². The highest BCUT2D eigenvalue weighted by molar-refractivity contribution is 6.42. The molecular formula is C21H21Cl2NO5. The number of Topliss-reactive ketones (excluding diaryl/α,β-unsaturated/α-hetero) is 1. The highest BCUT2D eigenvalue weighted by Gasteiger charge is 2.13.